The lowest BCUT2D eigenvalue weighted by molar-refractivity contribution is -0.116. The summed E-state index contributed by atoms with van der Waals surface area (Å²) in [6.45, 7) is 1.20. The van der Waals surface area contributed by atoms with E-state index < -0.39 is 10.0 Å². The second kappa shape index (κ2) is 8.59. The van der Waals surface area contributed by atoms with Gasteiger partial charge in [-0.1, -0.05) is 0 Å². The van der Waals surface area contributed by atoms with Crippen LogP contribution in [0.25, 0.3) is 0 Å². The van der Waals surface area contributed by atoms with E-state index in [-0.39, 0.29) is 30.6 Å². The van der Waals surface area contributed by atoms with Gasteiger partial charge in [0, 0.05) is 31.0 Å². The molecule has 1 aliphatic rings. The Morgan fingerprint density at radius 2 is 1.93 bits per heavy atom. The lowest BCUT2D eigenvalue weighted by Crippen LogP contribution is -2.40. The number of imidazole rings is 1. The largest absolute Gasteiger partial charge is 0.493 e. The van der Waals surface area contributed by atoms with E-state index in [0.717, 1.165) is 0 Å². The topological polar surface area (TPSA) is 112 Å². The Bertz CT molecular complexity index is 937. The van der Waals surface area contributed by atoms with Crippen molar-refractivity contribution in [2.75, 3.05) is 45.8 Å². The van der Waals surface area contributed by atoms with E-state index >= 15 is 0 Å². The summed E-state index contributed by atoms with van der Waals surface area (Å²) in [5.74, 6) is 0.704. The first-order valence-corrected chi connectivity index (χ1v) is 9.99. The third-order valence-corrected chi connectivity index (χ3v) is 5.96. The van der Waals surface area contributed by atoms with E-state index in [9.17, 15) is 13.2 Å². The molecule has 3 rings (SSSR count). The third kappa shape index (κ3) is 4.43. The molecule has 10 nitrogen and oxygen atoms in total. The molecule has 1 aliphatic heterocycles. The standard InChI is InChI=1S/C17H22N4O6S/c1-25-14-4-3-13(9-15(14)26-2)19-16(22)10-20-11-17(18-12-20)28(23,24)21-5-7-27-8-6-21/h3-4,9,11-12H,5-8,10H2,1-2H3,(H,19,22). The fourth-order valence-corrected chi connectivity index (χ4v) is 4.10. The number of sulfonamides is 1. The van der Waals surface area contributed by atoms with Crippen LogP contribution in [0, 0.1) is 0 Å². The minimum Gasteiger partial charge on any atom is -0.493 e. The number of morpholine rings is 1. The molecule has 1 N–H and O–H groups in total. The summed E-state index contributed by atoms with van der Waals surface area (Å²) >= 11 is 0. The Labute approximate surface area is 163 Å². The lowest BCUT2D eigenvalue weighted by Gasteiger charge is -2.24. The zero-order valence-corrected chi connectivity index (χ0v) is 16.4. The highest BCUT2D eigenvalue weighted by atomic mass is 32.2. The quantitative estimate of drug-likeness (QED) is 0.710. The van der Waals surface area contributed by atoms with E-state index in [4.69, 9.17) is 14.2 Å². The number of anilines is 1. The maximum atomic E-state index is 12.6. The first-order chi connectivity index (χ1) is 13.4. The molecule has 0 saturated carbocycles. The van der Waals surface area contributed by atoms with Gasteiger partial charge in [0.05, 0.1) is 33.8 Å². The summed E-state index contributed by atoms with van der Waals surface area (Å²) in [4.78, 5) is 16.2. The Kier molecular flexibility index (Phi) is 6.17. The zero-order chi connectivity index (χ0) is 20.1. The molecular weight excluding hydrogens is 388 g/mol. The van der Waals surface area contributed by atoms with E-state index in [1.165, 1.54) is 35.6 Å². The molecule has 1 aromatic heterocycles. The Morgan fingerprint density at radius 1 is 1.21 bits per heavy atom. The summed E-state index contributed by atoms with van der Waals surface area (Å²) in [6.07, 6.45) is 2.67. The van der Waals surface area contributed by atoms with Crippen molar-refractivity contribution in [3.8, 4) is 11.5 Å². The molecular formula is C17H22N4O6S. The van der Waals surface area contributed by atoms with E-state index in [1.807, 2.05) is 0 Å². The van der Waals surface area contributed by atoms with Crippen LogP contribution in [0.2, 0.25) is 0 Å². The van der Waals surface area contributed by atoms with Gasteiger partial charge in [-0.15, -0.1) is 0 Å². The van der Waals surface area contributed by atoms with Gasteiger partial charge in [-0.05, 0) is 12.1 Å². The predicted octanol–water partition coefficient (Wildman–Crippen LogP) is 0.560. The van der Waals surface area contributed by atoms with Crippen molar-refractivity contribution >= 4 is 21.6 Å². The lowest BCUT2D eigenvalue weighted by atomic mass is 10.2. The van der Waals surface area contributed by atoms with Crippen LogP contribution in [-0.4, -0.2) is 68.7 Å². The number of carbonyl (C=O) groups is 1. The van der Waals surface area contributed by atoms with Crippen LogP contribution in [0.5, 0.6) is 11.5 Å². The molecule has 28 heavy (non-hydrogen) atoms. The molecule has 1 saturated heterocycles. The van der Waals surface area contributed by atoms with Crippen LogP contribution in [0.3, 0.4) is 0 Å². The minimum absolute atomic E-state index is 0.0834. The predicted molar refractivity (Wildman–Crippen MR) is 100.0 cm³/mol. The second-order valence-electron chi connectivity index (χ2n) is 6.02. The number of carbonyl (C=O) groups excluding carboxylic acids is 1. The number of ether oxygens (including phenoxy) is 3. The summed E-state index contributed by atoms with van der Waals surface area (Å²) in [6, 6.07) is 5.00. The molecule has 2 heterocycles. The normalized spacial score (nSPS) is 15.2. The Morgan fingerprint density at radius 3 is 2.61 bits per heavy atom. The molecule has 0 aliphatic carbocycles. The van der Waals surface area contributed by atoms with Crippen molar-refractivity contribution in [3.05, 3.63) is 30.7 Å². The maximum Gasteiger partial charge on any atom is 0.262 e. The highest BCUT2D eigenvalue weighted by molar-refractivity contribution is 7.89. The van der Waals surface area contributed by atoms with Gasteiger partial charge in [0.25, 0.3) is 10.0 Å². The van der Waals surface area contributed by atoms with Crippen molar-refractivity contribution in [1.82, 2.24) is 13.9 Å². The fourth-order valence-electron chi connectivity index (χ4n) is 2.76. The number of rotatable bonds is 7. The Balaban J connectivity index is 1.65. The summed E-state index contributed by atoms with van der Waals surface area (Å²) in [5, 5.41) is 2.64. The molecule has 2 aromatic rings. The molecule has 152 valence electrons. The average molecular weight is 410 g/mol. The number of hydrogen-bond donors (Lipinski definition) is 1. The van der Waals surface area contributed by atoms with Gasteiger partial charge < -0.3 is 24.1 Å². The van der Waals surface area contributed by atoms with Crippen LogP contribution in [-0.2, 0) is 26.1 Å². The number of methoxy groups -OCH3 is 2. The monoisotopic (exact) mass is 410 g/mol. The van der Waals surface area contributed by atoms with Crippen molar-refractivity contribution < 1.29 is 27.4 Å². The number of amides is 1. The smallest absolute Gasteiger partial charge is 0.262 e. The highest BCUT2D eigenvalue weighted by Crippen LogP contribution is 2.29. The molecule has 1 fully saturated rings. The summed E-state index contributed by atoms with van der Waals surface area (Å²) < 4.78 is 43.4. The molecule has 0 bridgehead atoms. The van der Waals surface area contributed by atoms with Gasteiger partial charge in [0.1, 0.15) is 6.54 Å². The molecule has 0 unspecified atom stereocenters. The summed E-state index contributed by atoms with van der Waals surface area (Å²) in [7, 11) is -0.663. The van der Waals surface area contributed by atoms with E-state index in [2.05, 4.69) is 10.3 Å². The molecule has 0 atom stereocenters. The molecule has 0 spiro atoms. The van der Waals surface area contributed by atoms with Crippen molar-refractivity contribution in [2.24, 2.45) is 0 Å². The van der Waals surface area contributed by atoms with Crippen LogP contribution < -0.4 is 14.8 Å². The number of hydrogen-bond acceptors (Lipinski definition) is 7. The first kappa shape index (κ1) is 20.1. The average Bonchev–Trinajstić information content (AvgIpc) is 3.17. The Hall–Kier alpha value is -2.63. The zero-order valence-electron chi connectivity index (χ0n) is 15.6. The number of benzene rings is 1. The molecule has 0 radical (unpaired) electrons. The molecule has 1 amide bonds. The number of aromatic nitrogens is 2. The van der Waals surface area contributed by atoms with Crippen LogP contribution in [0.15, 0.2) is 35.7 Å². The van der Waals surface area contributed by atoms with Gasteiger partial charge >= 0.3 is 0 Å². The fraction of sp³-hybridized carbons (Fsp3) is 0.412. The molecule has 1 aromatic carbocycles. The second-order valence-corrected chi connectivity index (χ2v) is 7.90. The van der Waals surface area contributed by atoms with Crippen molar-refractivity contribution in [3.63, 3.8) is 0 Å². The van der Waals surface area contributed by atoms with Crippen molar-refractivity contribution in [2.45, 2.75) is 11.6 Å². The van der Waals surface area contributed by atoms with E-state index in [1.54, 1.807) is 18.2 Å². The van der Waals surface area contributed by atoms with Gasteiger partial charge in [0.15, 0.2) is 16.5 Å². The van der Waals surface area contributed by atoms with Crippen molar-refractivity contribution in [1.29, 1.82) is 0 Å². The number of nitrogens with one attached hydrogen (secondary N) is 1. The SMILES string of the molecule is COc1ccc(NC(=O)Cn2cnc(S(=O)(=O)N3CCOCC3)c2)cc1OC. The van der Waals surface area contributed by atoms with Gasteiger partial charge in [0.2, 0.25) is 5.91 Å². The maximum absolute atomic E-state index is 12.6. The van der Waals surface area contributed by atoms with Gasteiger partial charge in [-0.3, -0.25) is 4.79 Å². The van der Waals surface area contributed by atoms with E-state index in [0.29, 0.717) is 30.4 Å². The third-order valence-electron chi connectivity index (χ3n) is 4.18. The van der Waals surface area contributed by atoms with Gasteiger partial charge in [-0.25, -0.2) is 13.4 Å². The van der Waals surface area contributed by atoms with Gasteiger partial charge in [-0.2, -0.15) is 4.31 Å². The highest BCUT2D eigenvalue weighted by Gasteiger charge is 2.28. The molecule has 11 heteroatoms. The van der Waals surface area contributed by atoms with Crippen LogP contribution in [0.1, 0.15) is 0 Å². The van der Waals surface area contributed by atoms with Crippen LogP contribution in [0.4, 0.5) is 5.69 Å². The van der Waals surface area contributed by atoms with Crippen LogP contribution >= 0.6 is 0 Å². The first-order valence-electron chi connectivity index (χ1n) is 8.55. The summed E-state index contributed by atoms with van der Waals surface area (Å²) in [5.41, 5.74) is 0.531. The minimum atomic E-state index is -3.69. The number of nitrogens with zero attached hydrogens (tertiary/aromatic N) is 3.